The first-order valence-electron chi connectivity index (χ1n) is 6.65. The minimum Gasteiger partial charge on any atom is -0.396 e. The standard InChI is InChI=1S/C15H23F2NO/c1-11(12-5-6-13(16)14(17)9-12)18-8-4-7-15(2,3)10-19/h5-6,9,11,18-19H,4,7-8,10H2,1-3H3. The molecule has 4 heteroatoms. The summed E-state index contributed by atoms with van der Waals surface area (Å²) >= 11 is 0. The fourth-order valence-corrected chi connectivity index (χ4v) is 1.86. The SMILES string of the molecule is CC(NCCCC(C)(C)CO)c1ccc(F)c(F)c1. The summed E-state index contributed by atoms with van der Waals surface area (Å²) in [5.41, 5.74) is 0.674. The molecule has 108 valence electrons. The maximum Gasteiger partial charge on any atom is 0.159 e. The Morgan fingerprint density at radius 1 is 1.26 bits per heavy atom. The molecule has 2 N–H and O–H groups in total. The van der Waals surface area contributed by atoms with Crippen molar-refractivity contribution in [3.63, 3.8) is 0 Å². The van der Waals surface area contributed by atoms with Gasteiger partial charge in [0.05, 0.1) is 0 Å². The van der Waals surface area contributed by atoms with E-state index < -0.39 is 11.6 Å². The number of nitrogens with one attached hydrogen (secondary N) is 1. The van der Waals surface area contributed by atoms with E-state index in [1.165, 1.54) is 6.07 Å². The van der Waals surface area contributed by atoms with Crippen LogP contribution in [0, 0.1) is 17.0 Å². The van der Waals surface area contributed by atoms with Gasteiger partial charge in [-0.05, 0) is 49.4 Å². The summed E-state index contributed by atoms with van der Waals surface area (Å²) in [6.07, 6.45) is 1.85. The first-order valence-corrected chi connectivity index (χ1v) is 6.65. The molecular formula is C15H23F2NO. The molecule has 0 aliphatic heterocycles. The molecule has 0 saturated carbocycles. The number of rotatable bonds is 7. The first-order chi connectivity index (χ1) is 8.85. The van der Waals surface area contributed by atoms with Gasteiger partial charge in [0.25, 0.3) is 0 Å². The molecule has 0 aromatic heterocycles. The zero-order valence-corrected chi connectivity index (χ0v) is 11.8. The number of aliphatic hydroxyl groups is 1. The van der Waals surface area contributed by atoms with Gasteiger partial charge in [0, 0.05) is 12.6 Å². The third kappa shape index (κ3) is 5.25. The maximum absolute atomic E-state index is 13.1. The summed E-state index contributed by atoms with van der Waals surface area (Å²) in [5, 5.41) is 12.4. The lowest BCUT2D eigenvalue weighted by molar-refractivity contribution is 0.147. The van der Waals surface area contributed by atoms with Gasteiger partial charge >= 0.3 is 0 Å². The van der Waals surface area contributed by atoms with Crippen LogP contribution >= 0.6 is 0 Å². The third-order valence-corrected chi connectivity index (χ3v) is 3.35. The van der Waals surface area contributed by atoms with Gasteiger partial charge in [-0.25, -0.2) is 8.78 Å². The number of benzene rings is 1. The summed E-state index contributed by atoms with van der Waals surface area (Å²) in [5.74, 6) is -1.63. The second kappa shape index (κ2) is 6.96. The fraction of sp³-hybridized carbons (Fsp3) is 0.600. The molecule has 2 nitrogen and oxygen atoms in total. The van der Waals surface area contributed by atoms with E-state index in [0.29, 0.717) is 0 Å². The van der Waals surface area contributed by atoms with Crippen LogP contribution in [0.3, 0.4) is 0 Å². The van der Waals surface area contributed by atoms with E-state index in [1.807, 2.05) is 20.8 Å². The van der Waals surface area contributed by atoms with Gasteiger partial charge in [-0.3, -0.25) is 0 Å². The van der Waals surface area contributed by atoms with Crippen molar-refractivity contribution in [3.05, 3.63) is 35.4 Å². The lowest BCUT2D eigenvalue weighted by Crippen LogP contribution is -2.23. The van der Waals surface area contributed by atoms with Crippen molar-refractivity contribution in [2.45, 2.75) is 39.7 Å². The molecule has 1 rings (SSSR count). The Hall–Kier alpha value is -1.00. The van der Waals surface area contributed by atoms with Crippen molar-refractivity contribution in [1.82, 2.24) is 5.32 Å². The van der Waals surface area contributed by atoms with E-state index in [9.17, 15) is 8.78 Å². The Bertz CT molecular complexity index is 407. The van der Waals surface area contributed by atoms with Gasteiger partial charge in [-0.1, -0.05) is 19.9 Å². The zero-order valence-electron chi connectivity index (χ0n) is 11.8. The van der Waals surface area contributed by atoms with Gasteiger partial charge < -0.3 is 10.4 Å². The molecule has 0 heterocycles. The van der Waals surface area contributed by atoms with Crippen LogP contribution in [0.15, 0.2) is 18.2 Å². The van der Waals surface area contributed by atoms with Crippen molar-refractivity contribution < 1.29 is 13.9 Å². The van der Waals surface area contributed by atoms with E-state index in [1.54, 1.807) is 6.07 Å². The highest BCUT2D eigenvalue weighted by Crippen LogP contribution is 2.21. The zero-order chi connectivity index (χ0) is 14.5. The van der Waals surface area contributed by atoms with E-state index in [4.69, 9.17) is 5.11 Å². The lowest BCUT2D eigenvalue weighted by atomic mass is 9.89. The molecule has 0 saturated heterocycles. The fourth-order valence-electron chi connectivity index (χ4n) is 1.86. The number of halogens is 2. The number of hydrogen-bond acceptors (Lipinski definition) is 2. The van der Waals surface area contributed by atoms with Gasteiger partial charge in [0.2, 0.25) is 0 Å². The van der Waals surface area contributed by atoms with Crippen LogP contribution in [0.25, 0.3) is 0 Å². The molecule has 1 aromatic rings. The average Bonchev–Trinajstić information content (AvgIpc) is 2.37. The predicted octanol–water partition coefficient (Wildman–Crippen LogP) is 3.41. The molecule has 0 fully saturated rings. The second-order valence-corrected chi connectivity index (χ2v) is 5.78. The van der Waals surface area contributed by atoms with E-state index in [0.717, 1.165) is 31.0 Å². The topological polar surface area (TPSA) is 32.3 Å². The molecule has 1 unspecified atom stereocenters. The molecule has 0 aliphatic carbocycles. The lowest BCUT2D eigenvalue weighted by Gasteiger charge is -2.22. The minimum atomic E-state index is -0.819. The van der Waals surface area contributed by atoms with E-state index >= 15 is 0 Å². The summed E-state index contributed by atoms with van der Waals surface area (Å²) in [4.78, 5) is 0. The highest BCUT2D eigenvalue weighted by molar-refractivity contribution is 5.20. The van der Waals surface area contributed by atoms with Crippen LogP contribution in [0.4, 0.5) is 8.78 Å². The Balaban J connectivity index is 2.39. The molecule has 0 spiro atoms. The van der Waals surface area contributed by atoms with Gasteiger partial charge in [0.1, 0.15) is 0 Å². The van der Waals surface area contributed by atoms with E-state index in [2.05, 4.69) is 5.32 Å². The monoisotopic (exact) mass is 271 g/mol. The first kappa shape index (κ1) is 16.1. The summed E-state index contributed by atoms with van der Waals surface area (Å²) in [7, 11) is 0. The molecule has 0 amide bonds. The van der Waals surface area contributed by atoms with Crippen molar-refractivity contribution in [2.24, 2.45) is 5.41 Å². The predicted molar refractivity (Wildman–Crippen MR) is 72.9 cm³/mol. The summed E-state index contributed by atoms with van der Waals surface area (Å²) in [6.45, 7) is 6.91. The Morgan fingerprint density at radius 2 is 1.95 bits per heavy atom. The van der Waals surface area contributed by atoms with Crippen LogP contribution in [0.5, 0.6) is 0 Å². The number of aliphatic hydroxyl groups excluding tert-OH is 1. The Morgan fingerprint density at radius 3 is 2.53 bits per heavy atom. The molecular weight excluding hydrogens is 248 g/mol. The van der Waals surface area contributed by atoms with Crippen LogP contribution in [0.1, 0.15) is 45.2 Å². The molecule has 1 aromatic carbocycles. The Labute approximate surface area is 113 Å². The normalized spacial score (nSPS) is 13.6. The average molecular weight is 271 g/mol. The van der Waals surface area contributed by atoms with Crippen molar-refractivity contribution in [2.75, 3.05) is 13.2 Å². The molecule has 0 aliphatic rings. The third-order valence-electron chi connectivity index (χ3n) is 3.35. The second-order valence-electron chi connectivity index (χ2n) is 5.78. The van der Waals surface area contributed by atoms with Gasteiger partial charge in [-0.2, -0.15) is 0 Å². The summed E-state index contributed by atoms with van der Waals surface area (Å²) in [6, 6.07) is 3.95. The smallest absolute Gasteiger partial charge is 0.159 e. The maximum atomic E-state index is 13.1. The van der Waals surface area contributed by atoms with Gasteiger partial charge in [0.15, 0.2) is 11.6 Å². The van der Waals surface area contributed by atoms with Crippen molar-refractivity contribution >= 4 is 0 Å². The van der Waals surface area contributed by atoms with Crippen LogP contribution in [0.2, 0.25) is 0 Å². The van der Waals surface area contributed by atoms with Crippen LogP contribution in [-0.4, -0.2) is 18.3 Å². The molecule has 1 atom stereocenters. The Kier molecular flexibility index (Phi) is 5.88. The van der Waals surface area contributed by atoms with Crippen molar-refractivity contribution in [3.8, 4) is 0 Å². The van der Waals surface area contributed by atoms with Crippen molar-refractivity contribution in [1.29, 1.82) is 0 Å². The van der Waals surface area contributed by atoms with E-state index in [-0.39, 0.29) is 18.1 Å². The van der Waals surface area contributed by atoms with Crippen LogP contribution in [-0.2, 0) is 0 Å². The molecule has 0 bridgehead atoms. The number of hydrogen-bond donors (Lipinski definition) is 2. The largest absolute Gasteiger partial charge is 0.396 e. The highest BCUT2D eigenvalue weighted by atomic mass is 19.2. The summed E-state index contributed by atoms with van der Waals surface area (Å²) < 4.78 is 25.9. The molecule has 19 heavy (non-hydrogen) atoms. The quantitative estimate of drug-likeness (QED) is 0.745. The highest BCUT2D eigenvalue weighted by Gasteiger charge is 2.15. The van der Waals surface area contributed by atoms with Gasteiger partial charge in [-0.15, -0.1) is 0 Å². The van der Waals surface area contributed by atoms with Crippen LogP contribution < -0.4 is 5.32 Å². The minimum absolute atomic E-state index is 0.0210. The molecule has 0 radical (unpaired) electrons.